The van der Waals surface area contributed by atoms with E-state index in [4.69, 9.17) is 11.6 Å². The number of halogens is 1. The third-order valence-corrected chi connectivity index (χ3v) is 5.29. The zero-order valence-electron chi connectivity index (χ0n) is 15.6. The summed E-state index contributed by atoms with van der Waals surface area (Å²) in [6.07, 6.45) is 0. The van der Waals surface area contributed by atoms with Gasteiger partial charge in [0.1, 0.15) is 0 Å². The molecule has 1 aromatic heterocycles. The first kappa shape index (κ1) is 19.8. The highest BCUT2D eigenvalue weighted by Gasteiger charge is 2.11. The van der Waals surface area contributed by atoms with Crippen molar-refractivity contribution >= 4 is 45.6 Å². The van der Waals surface area contributed by atoms with Crippen LogP contribution in [0, 0.1) is 0 Å². The van der Waals surface area contributed by atoms with Gasteiger partial charge in [0.15, 0.2) is 5.13 Å². The molecule has 148 valence electrons. The molecule has 3 aromatic carbocycles. The SMILES string of the molecule is O=C(Nc1cccc(-c2csc(NC(=O)c3ccccc3)n2)c1)c1ccc(Cl)cc1. The fourth-order valence-electron chi connectivity index (χ4n) is 2.78. The molecule has 0 spiro atoms. The fourth-order valence-corrected chi connectivity index (χ4v) is 3.62. The quantitative estimate of drug-likeness (QED) is 0.407. The number of anilines is 2. The van der Waals surface area contributed by atoms with Crippen molar-refractivity contribution in [1.82, 2.24) is 4.98 Å². The van der Waals surface area contributed by atoms with Crippen LogP contribution in [0.15, 0.2) is 84.2 Å². The third kappa shape index (κ3) is 4.74. The predicted octanol–water partition coefficient (Wildman–Crippen LogP) is 5.97. The number of nitrogens with one attached hydrogen (secondary N) is 2. The summed E-state index contributed by atoms with van der Waals surface area (Å²) in [5.74, 6) is -0.432. The summed E-state index contributed by atoms with van der Waals surface area (Å²) in [6.45, 7) is 0. The molecule has 30 heavy (non-hydrogen) atoms. The van der Waals surface area contributed by atoms with Crippen LogP contribution in [-0.2, 0) is 0 Å². The molecule has 4 rings (SSSR count). The lowest BCUT2D eigenvalue weighted by Gasteiger charge is -2.07. The van der Waals surface area contributed by atoms with E-state index in [9.17, 15) is 9.59 Å². The minimum absolute atomic E-state index is 0.208. The molecule has 0 saturated heterocycles. The number of rotatable bonds is 5. The molecule has 0 radical (unpaired) electrons. The van der Waals surface area contributed by atoms with Gasteiger partial charge in [-0.15, -0.1) is 11.3 Å². The first-order chi connectivity index (χ1) is 14.6. The normalized spacial score (nSPS) is 10.4. The smallest absolute Gasteiger partial charge is 0.257 e. The van der Waals surface area contributed by atoms with Crippen LogP contribution >= 0.6 is 22.9 Å². The van der Waals surface area contributed by atoms with Crippen LogP contribution in [-0.4, -0.2) is 16.8 Å². The van der Waals surface area contributed by atoms with Gasteiger partial charge < -0.3 is 5.32 Å². The van der Waals surface area contributed by atoms with Gasteiger partial charge in [-0.25, -0.2) is 4.98 Å². The molecular weight excluding hydrogens is 418 g/mol. The Morgan fingerprint density at radius 2 is 1.50 bits per heavy atom. The molecule has 5 nitrogen and oxygen atoms in total. The van der Waals surface area contributed by atoms with E-state index in [1.54, 1.807) is 36.4 Å². The maximum Gasteiger partial charge on any atom is 0.257 e. The van der Waals surface area contributed by atoms with Gasteiger partial charge >= 0.3 is 0 Å². The number of amides is 2. The molecule has 0 fully saturated rings. The average Bonchev–Trinajstić information content (AvgIpc) is 3.23. The Morgan fingerprint density at radius 3 is 2.27 bits per heavy atom. The number of hydrogen-bond acceptors (Lipinski definition) is 4. The third-order valence-electron chi connectivity index (χ3n) is 4.28. The lowest BCUT2D eigenvalue weighted by molar-refractivity contribution is 0.101. The summed E-state index contributed by atoms with van der Waals surface area (Å²) in [4.78, 5) is 29.2. The van der Waals surface area contributed by atoms with E-state index in [-0.39, 0.29) is 11.8 Å². The van der Waals surface area contributed by atoms with Crippen LogP contribution in [0.3, 0.4) is 0 Å². The van der Waals surface area contributed by atoms with E-state index in [1.165, 1.54) is 11.3 Å². The summed E-state index contributed by atoms with van der Waals surface area (Å²) in [6, 6.07) is 23.0. The zero-order chi connectivity index (χ0) is 20.9. The highest BCUT2D eigenvalue weighted by Crippen LogP contribution is 2.27. The standard InChI is InChI=1S/C23H16ClN3O2S/c24-18-11-9-16(10-12-18)21(28)25-19-8-4-7-17(13-19)20-14-30-23(26-20)27-22(29)15-5-2-1-3-6-15/h1-14H,(H,25,28)(H,26,27,29). The van der Waals surface area contributed by atoms with Crippen molar-refractivity contribution < 1.29 is 9.59 Å². The molecule has 0 aliphatic rings. The molecule has 0 unspecified atom stereocenters. The van der Waals surface area contributed by atoms with E-state index in [0.29, 0.717) is 32.7 Å². The van der Waals surface area contributed by atoms with Crippen LogP contribution < -0.4 is 10.6 Å². The number of benzene rings is 3. The predicted molar refractivity (Wildman–Crippen MR) is 121 cm³/mol. The summed E-state index contributed by atoms with van der Waals surface area (Å²) < 4.78 is 0. The van der Waals surface area contributed by atoms with Gasteiger partial charge in [-0.1, -0.05) is 41.9 Å². The summed E-state index contributed by atoms with van der Waals surface area (Å²) >= 11 is 7.21. The first-order valence-electron chi connectivity index (χ1n) is 9.08. The molecule has 0 saturated carbocycles. The van der Waals surface area contributed by atoms with Crippen molar-refractivity contribution in [3.63, 3.8) is 0 Å². The number of aromatic nitrogens is 1. The molecule has 0 aliphatic carbocycles. The number of nitrogens with zero attached hydrogens (tertiary/aromatic N) is 1. The lowest BCUT2D eigenvalue weighted by atomic mass is 10.1. The largest absolute Gasteiger partial charge is 0.322 e. The molecule has 7 heteroatoms. The number of thiazole rings is 1. The number of carbonyl (C=O) groups excluding carboxylic acids is 2. The van der Waals surface area contributed by atoms with E-state index < -0.39 is 0 Å². The van der Waals surface area contributed by atoms with Crippen molar-refractivity contribution in [3.05, 3.63) is 100 Å². The van der Waals surface area contributed by atoms with Gasteiger partial charge in [0, 0.05) is 32.8 Å². The van der Waals surface area contributed by atoms with E-state index in [1.807, 2.05) is 47.8 Å². The van der Waals surface area contributed by atoms with Crippen LogP contribution in [0.1, 0.15) is 20.7 Å². The van der Waals surface area contributed by atoms with Crippen molar-refractivity contribution in [2.24, 2.45) is 0 Å². The summed E-state index contributed by atoms with van der Waals surface area (Å²) in [5.41, 5.74) is 3.28. The molecule has 4 aromatic rings. The highest BCUT2D eigenvalue weighted by atomic mass is 35.5. The van der Waals surface area contributed by atoms with Gasteiger partial charge in [-0.3, -0.25) is 14.9 Å². The first-order valence-corrected chi connectivity index (χ1v) is 10.3. The minimum atomic E-state index is -0.224. The van der Waals surface area contributed by atoms with Crippen LogP contribution in [0.5, 0.6) is 0 Å². The topological polar surface area (TPSA) is 71.1 Å². The Balaban J connectivity index is 1.47. The maximum absolute atomic E-state index is 12.4. The van der Waals surface area contributed by atoms with Gasteiger partial charge in [0.25, 0.3) is 11.8 Å². The van der Waals surface area contributed by atoms with Crippen LogP contribution in [0.4, 0.5) is 10.8 Å². The molecule has 0 aliphatic heterocycles. The fraction of sp³-hybridized carbons (Fsp3) is 0. The van der Waals surface area contributed by atoms with Crippen molar-refractivity contribution in [1.29, 1.82) is 0 Å². The van der Waals surface area contributed by atoms with Crippen molar-refractivity contribution in [3.8, 4) is 11.3 Å². The van der Waals surface area contributed by atoms with Crippen LogP contribution in [0.2, 0.25) is 5.02 Å². The monoisotopic (exact) mass is 433 g/mol. The van der Waals surface area contributed by atoms with Gasteiger partial charge in [-0.05, 0) is 48.5 Å². The molecule has 0 bridgehead atoms. The number of carbonyl (C=O) groups is 2. The Kier molecular flexibility index (Phi) is 5.88. The maximum atomic E-state index is 12.4. The number of hydrogen-bond donors (Lipinski definition) is 2. The average molecular weight is 434 g/mol. The lowest BCUT2D eigenvalue weighted by Crippen LogP contribution is -2.11. The Morgan fingerprint density at radius 1 is 0.800 bits per heavy atom. The molecule has 1 heterocycles. The second-order valence-corrected chi connectivity index (χ2v) is 7.69. The summed E-state index contributed by atoms with van der Waals surface area (Å²) in [5, 5.41) is 8.63. The molecule has 2 N–H and O–H groups in total. The van der Waals surface area contributed by atoms with Gasteiger partial charge in [0.2, 0.25) is 0 Å². The Bertz CT molecular complexity index is 1190. The zero-order valence-corrected chi connectivity index (χ0v) is 17.2. The highest BCUT2D eigenvalue weighted by molar-refractivity contribution is 7.14. The molecule has 2 amide bonds. The molecule has 0 atom stereocenters. The van der Waals surface area contributed by atoms with E-state index in [0.717, 1.165) is 5.56 Å². The molecular formula is C23H16ClN3O2S. The second-order valence-electron chi connectivity index (χ2n) is 6.40. The summed E-state index contributed by atoms with van der Waals surface area (Å²) in [7, 11) is 0. The van der Waals surface area contributed by atoms with Crippen molar-refractivity contribution in [2.75, 3.05) is 10.6 Å². The Hall–Kier alpha value is -3.48. The van der Waals surface area contributed by atoms with E-state index >= 15 is 0 Å². The minimum Gasteiger partial charge on any atom is -0.322 e. The second kappa shape index (κ2) is 8.90. The Labute approximate surface area is 182 Å². The van der Waals surface area contributed by atoms with E-state index in [2.05, 4.69) is 15.6 Å². The van der Waals surface area contributed by atoms with Gasteiger partial charge in [-0.2, -0.15) is 0 Å². The van der Waals surface area contributed by atoms with Crippen molar-refractivity contribution in [2.45, 2.75) is 0 Å². The van der Waals surface area contributed by atoms with Crippen LogP contribution in [0.25, 0.3) is 11.3 Å². The van der Waals surface area contributed by atoms with Gasteiger partial charge in [0.05, 0.1) is 5.69 Å².